The van der Waals surface area contributed by atoms with Crippen LogP contribution in [0, 0.1) is 12.7 Å². The summed E-state index contributed by atoms with van der Waals surface area (Å²) in [6.07, 6.45) is 5.79. The lowest BCUT2D eigenvalue weighted by atomic mass is 10.1. The number of rotatable bonds is 4. The number of aromatic nitrogens is 3. The maximum Gasteiger partial charge on any atom is 0.259 e. The number of hydrogen-bond donors (Lipinski definition) is 2. The summed E-state index contributed by atoms with van der Waals surface area (Å²) in [5, 5.41) is 6.14. The minimum atomic E-state index is -0.529. The smallest absolute Gasteiger partial charge is 0.259 e. The number of amides is 1. The van der Waals surface area contributed by atoms with Gasteiger partial charge in [-0.3, -0.25) is 4.79 Å². The molecule has 3 heterocycles. The molecule has 1 aliphatic heterocycles. The molecule has 1 atom stereocenters. The Bertz CT molecular complexity index is 1120. The molecule has 0 radical (unpaired) electrons. The number of carbonyl (C=O) groups excluding carboxylic acids is 1. The molecule has 30 heavy (non-hydrogen) atoms. The highest BCUT2D eigenvalue weighted by Gasteiger charge is 2.29. The van der Waals surface area contributed by atoms with Crippen molar-refractivity contribution in [2.45, 2.75) is 38.6 Å². The number of imidazole rings is 1. The van der Waals surface area contributed by atoms with Crippen molar-refractivity contribution >= 4 is 23.1 Å². The molecule has 0 bridgehead atoms. The molecule has 1 amide bonds. The number of benzene rings is 1. The molecule has 1 saturated carbocycles. The van der Waals surface area contributed by atoms with Crippen LogP contribution in [0.5, 0.6) is 0 Å². The van der Waals surface area contributed by atoms with E-state index in [-0.39, 0.29) is 5.56 Å². The second-order valence-corrected chi connectivity index (χ2v) is 8.32. The topological polar surface area (TPSA) is 74.6 Å². The molecule has 3 aromatic rings. The summed E-state index contributed by atoms with van der Waals surface area (Å²) < 4.78 is 16.7. The Balaban J connectivity index is 1.39. The minimum Gasteiger partial charge on any atom is -0.369 e. The highest BCUT2D eigenvalue weighted by molar-refractivity contribution is 6.04. The normalized spacial score (nSPS) is 19.3. The molecule has 156 valence electrons. The SMILES string of the molecule is Cc1cn2cc(NC(=O)c3ccc(N4CCN[C@H](C)C4)cc3F)nc(C3CC3)c2n1. The zero-order valence-electron chi connectivity index (χ0n) is 17.2. The monoisotopic (exact) mass is 408 g/mol. The van der Waals surface area contributed by atoms with Crippen molar-refractivity contribution in [3.05, 3.63) is 53.4 Å². The van der Waals surface area contributed by atoms with Crippen molar-refractivity contribution in [3.8, 4) is 0 Å². The first kappa shape index (κ1) is 19.0. The number of aryl methyl sites for hydroxylation is 1. The van der Waals surface area contributed by atoms with E-state index in [9.17, 15) is 9.18 Å². The molecule has 1 saturated heterocycles. The molecule has 2 fully saturated rings. The standard InChI is InChI=1S/C22H25FN6O/c1-13-10-28(8-7-24-13)16-5-6-17(18(23)9-16)22(30)27-19-12-29-11-14(2)25-21(29)20(26-19)15-3-4-15/h5-6,9,11-13,15,24H,3-4,7-8,10H2,1-2H3,(H,27,30)/t13-/m1/s1. The van der Waals surface area contributed by atoms with Gasteiger partial charge in [-0.25, -0.2) is 14.4 Å². The van der Waals surface area contributed by atoms with Gasteiger partial charge < -0.3 is 19.9 Å². The van der Waals surface area contributed by atoms with E-state index in [2.05, 4.69) is 32.4 Å². The van der Waals surface area contributed by atoms with E-state index >= 15 is 0 Å². The van der Waals surface area contributed by atoms with E-state index in [0.717, 1.165) is 55.2 Å². The number of hydrogen-bond acceptors (Lipinski definition) is 5. The summed E-state index contributed by atoms with van der Waals surface area (Å²) in [5.41, 5.74) is 3.42. The van der Waals surface area contributed by atoms with E-state index in [4.69, 9.17) is 0 Å². The Morgan fingerprint density at radius 2 is 2.10 bits per heavy atom. The number of nitrogens with one attached hydrogen (secondary N) is 2. The number of piperazine rings is 1. The van der Waals surface area contributed by atoms with Crippen LogP contribution in [0.4, 0.5) is 15.9 Å². The fourth-order valence-corrected chi connectivity index (χ4v) is 4.07. The average Bonchev–Trinajstić information content (AvgIpc) is 3.48. The molecular weight excluding hydrogens is 383 g/mol. The Morgan fingerprint density at radius 1 is 1.27 bits per heavy atom. The lowest BCUT2D eigenvalue weighted by Crippen LogP contribution is -2.49. The Kier molecular flexibility index (Phi) is 4.66. The van der Waals surface area contributed by atoms with E-state index in [1.807, 2.05) is 23.6 Å². The van der Waals surface area contributed by atoms with Crippen LogP contribution in [-0.4, -0.2) is 46.0 Å². The zero-order chi connectivity index (χ0) is 20.8. The Morgan fingerprint density at radius 3 is 2.83 bits per heavy atom. The average molecular weight is 408 g/mol. The van der Waals surface area contributed by atoms with E-state index in [1.54, 1.807) is 12.3 Å². The molecule has 1 aliphatic carbocycles. The van der Waals surface area contributed by atoms with Crippen molar-refractivity contribution in [1.29, 1.82) is 0 Å². The fraction of sp³-hybridized carbons (Fsp3) is 0.409. The summed E-state index contributed by atoms with van der Waals surface area (Å²) in [5.74, 6) is -0.244. The summed E-state index contributed by atoms with van der Waals surface area (Å²) in [6, 6.07) is 5.15. The van der Waals surface area contributed by atoms with Crippen molar-refractivity contribution in [2.24, 2.45) is 0 Å². The molecule has 7 nitrogen and oxygen atoms in total. The lowest BCUT2D eigenvalue weighted by molar-refractivity contribution is 0.102. The van der Waals surface area contributed by atoms with Crippen molar-refractivity contribution in [3.63, 3.8) is 0 Å². The van der Waals surface area contributed by atoms with E-state index in [1.165, 1.54) is 6.07 Å². The molecule has 2 aromatic heterocycles. The van der Waals surface area contributed by atoms with Gasteiger partial charge in [-0.15, -0.1) is 0 Å². The van der Waals surface area contributed by atoms with Gasteiger partial charge in [0.1, 0.15) is 11.6 Å². The lowest BCUT2D eigenvalue weighted by Gasteiger charge is -2.33. The predicted molar refractivity (Wildman–Crippen MR) is 114 cm³/mol. The largest absolute Gasteiger partial charge is 0.369 e. The van der Waals surface area contributed by atoms with Crippen molar-refractivity contribution < 1.29 is 9.18 Å². The predicted octanol–water partition coefficient (Wildman–Crippen LogP) is 3.10. The molecule has 1 aromatic carbocycles. The molecule has 2 aliphatic rings. The summed E-state index contributed by atoms with van der Waals surface area (Å²) >= 11 is 0. The second kappa shape index (κ2) is 7.36. The molecule has 0 unspecified atom stereocenters. The fourth-order valence-electron chi connectivity index (χ4n) is 4.07. The third-order valence-electron chi connectivity index (χ3n) is 5.72. The van der Waals surface area contributed by atoms with Gasteiger partial charge in [-0.2, -0.15) is 0 Å². The number of halogens is 1. The van der Waals surface area contributed by atoms with E-state index in [0.29, 0.717) is 17.8 Å². The maximum absolute atomic E-state index is 14.8. The van der Waals surface area contributed by atoms with Gasteiger partial charge in [0.15, 0.2) is 5.65 Å². The van der Waals surface area contributed by atoms with Gasteiger partial charge in [-0.1, -0.05) is 0 Å². The van der Waals surface area contributed by atoms with Gasteiger partial charge in [0.2, 0.25) is 0 Å². The van der Waals surface area contributed by atoms with Gasteiger partial charge in [-0.05, 0) is 44.9 Å². The Hall–Kier alpha value is -3.00. The number of carbonyl (C=O) groups is 1. The summed E-state index contributed by atoms with van der Waals surface area (Å²) in [6.45, 7) is 6.51. The van der Waals surface area contributed by atoms with Gasteiger partial charge >= 0.3 is 0 Å². The van der Waals surface area contributed by atoms with Crippen LogP contribution in [0.25, 0.3) is 5.65 Å². The quantitative estimate of drug-likeness (QED) is 0.694. The molecule has 5 rings (SSSR count). The van der Waals surface area contributed by atoms with Crippen LogP contribution >= 0.6 is 0 Å². The molecule has 2 N–H and O–H groups in total. The van der Waals surface area contributed by atoms with Gasteiger partial charge in [0.05, 0.1) is 23.1 Å². The van der Waals surface area contributed by atoms with Crippen molar-refractivity contribution in [1.82, 2.24) is 19.7 Å². The van der Waals surface area contributed by atoms with Crippen molar-refractivity contribution in [2.75, 3.05) is 29.9 Å². The van der Waals surface area contributed by atoms with E-state index < -0.39 is 11.7 Å². The first-order valence-electron chi connectivity index (χ1n) is 10.4. The number of fused-ring (bicyclic) bond motifs is 1. The highest BCUT2D eigenvalue weighted by Crippen LogP contribution is 2.41. The number of anilines is 2. The van der Waals surface area contributed by atoms with Crippen LogP contribution in [0.15, 0.2) is 30.6 Å². The molecular formula is C22H25FN6O. The van der Waals surface area contributed by atoms with Crippen LogP contribution in [-0.2, 0) is 0 Å². The third-order valence-corrected chi connectivity index (χ3v) is 5.72. The second-order valence-electron chi connectivity index (χ2n) is 8.32. The summed E-state index contributed by atoms with van der Waals surface area (Å²) in [4.78, 5) is 24.1. The Labute approximate surface area is 174 Å². The maximum atomic E-state index is 14.8. The third kappa shape index (κ3) is 3.63. The molecule has 0 spiro atoms. The van der Waals surface area contributed by atoms with Crippen LogP contribution in [0.2, 0.25) is 0 Å². The first-order chi connectivity index (χ1) is 14.5. The van der Waals surface area contributed by atoms with Gasteiger partial charge in [0.25, 0.3) is 5.91 Å². The van der Waals surface area contributed by atoms with Crippen LogP contribution in [0.1, 0.15) is 47.4 Å². The highest BCUT2D eigenvalue weighted by atomic mass is 19.1. The first-order valence-corrected chi connectivity index (χ1v) is 10.4. The summed E-state index contributed by atoms with van der Waals surface area (Å²) in [7, 11) is 0. The number of nitrogens with zero attached hydrogens (tertiary/aromatic N) is 4. The van der Waals surface area contributed by atoms with Crippen LogP contribution < -0.4 is 15.5 Å². The van der Waals surface area contributed by atoms with Gasteiger partial charge in [0, 0.05) is 43.5 Å². The zero-order valence-corrected chi connectivity index (χ0v) is 17.2. The molecule has 8 heteroatoms. The van der Waals surface area contributed by atoms with Crippen LogP contribution in [0.3, 0.4) is 0 Å². The minimum absolute atomic E-state index is 0.0126.